The van der Waals surface area contributed by atoms with Crippen LogP contribution in [0.2, 0.25) is 5.02 Å². The smallest absolute Gasteiger partial charge is 0.328 e. The normalized spacial score (nSPS) is 13.8. The Hall–Kier alpha value is -3.46. The molecule has 158 valence electrons. The van der Waals surface area contributed by atoms with E-state index < -0.39 is 0 Å². The number of urea groups is 1. The Morgan fingerprint density at radius 3 is 2.37 bits per heavy atom. The number of halogens is 1. The lowest BCUT2D eigenvalue weighted by molar-refractivity contribution is 0.163. The Kier molecular flexibility index (Phi) is 6.97. The molecule has 0 saturated carbocycles. The van der Waals surface area contributed by atoms with Crippen molar-refractivity contribution in [3.8, 4) is 0 Å². The Morgan fingerprint density at radius 2 is 1.70 bits per heavy atom. The van der Waals surface area contributed by atoms with Gasteiger partial charge in [0.2, 0.25) is 5.96 Å². The zero-order valence-electron chi connectivity index (χ0n) is 16.5. The van der Waals surface area contributed by atoms with Crippen LogP contribution < -0.4 is 22.5 Å². The molecule has 0 aliphatic carbocycles. The van der Waals surface area contributed by atoms with Gasteiger partial charge in [0.25, 0.3) is 0 Å². The van der Waals surface area contributed by atoms with Crippen molar-refractivity contribution in [2.75, 3.05) is 25.5 Å². The number of rotatable bonds is 7. The summed E-state index contributed by atoms with van der Waals surface area (Å²) in [6.45, 7) is 1.84. The number of carbonyl (C=O) groups is 1. The van der Waals surface area contributed by atoms with E-state index in [1.807, 2.05) is 24.3 Å². The van der Waals surface area contributed by atoms with Gasteiger partial charge < -0.3 is 27.4 Å². The summed E-state index contributed by atoms with van der Waals surface area (Å²) in [5, 5.41) is 3.80. The molecule has 1 aliphatic heterocycles. The van der Waals surface area contributed by atoms with Gasteiger partial charge in [-0.15, -0.1) is 0 Å². The van der Waals surface area contributed by atoms with Crippen LogP contribution in [0.1, 0.15) is 11.1 Å². The molecule has 0 spiro atoms. The quantitative estimate of drug-likeness (QED) is 0.229. The summed E-state index contributed by atoms with van der Waals surface area (Å²) in [5.41, 5.74) is 19.1. The average molecular weight is 429 g/mol. The molecule has 0 fully saturated rings. The molecule has 0 bridgehead atoms. The van der Waals surface area contributed by atoms with E-state index in [0.717, 1.165) is 11.1 Å². The highest BCUT2D eigenvalue weighted by atomic mass is 35.5. The van der Waals surface area contributed by atoms with Crippen molar-refractivity contribution >= 4 is 35.2 Å². The lowest BCUT2D eigenvalue weighted by Crippen LogP contribution is -2.54. The Morgan fingerprint density at radius 1 is 1.07 bits per heavy atom. The largest absolute Gasteiger partial charge is 0.399 e. The first kappa shape index (κ1) is 21.3. The monoisotopic (exact) mass is 428 g/mol. The third kappa shape index (κ3) is 5.77. The lowest BCUT2D eigenvalue weighted by atomic mass is 10.2. The summed E-state index contributed by atoms with van der Waals surface area (Å²) in [6.07, 6.45) is 0. The average Bonchev–Trinajstić information content (AvgIpc) is 2.72. The third-order valence-electron chi connectivity index (χ3n) is 4.44. The molecule has 2 amide bonds. The Balaban J connectivity index is 1.76. The number of guanidine groups is 2. The van der Waals surface area contributed by atoms with Crippen LogP contribution in [0.4, 0.5) is 10.5 Å². The van der Waals surface area contributed by atoms with E-state index in [4.69, 9.17) is 28.8 Å². The van der Waals surface area contributed by atoms with Crippen LogP contribution in [0.25, 0.3) is 0 Å². The molecule has 1 heterocycles. The molecule has 0 saturated heterocycles. The number of nitrogen functional groups attached to an aromatic ring is 1. The first-order valence-electron chi connectivity index (χ1n) is 9.41. The SMILES string of the molecule is NC(N)=NCCNC1=NCN(Cc2ccc(Cl)cc2)C(=O)N1Cc1ccc(N)cc1. The van der Waals surface area contributed by atoms with Gasteiger partial charge in [0.15, 0.2) is 5.96 Å². The summed E-state index contributed by atoms with van der Waals surface area (Å²) in [4.78, 5) is 25.0. The van der Waals surface area contributed by atoms with Gasteiger partial charge in [-0.2, -0.15) is 0 Å². The molecule has 9 nitrogen and oxygen atoms in total. The minimum Gasteiger partial charge on any atom is -0.399 e. The van der Waals surface area contributed by atoms with Crippen molar-refractivity contribution in [2.45, 2.75) is 13.1 Å². The number of hydrogen-bond acceptors (Lipinski definition) is 5. The maximum absolute atomic E-state index is 13.2. The highest BCUT2D eigenvalue weighted by Crippen LogP contribution is 2.17. The van der Waals surface area contributed by atoms with Crippen molar-refractivity contribution in [3.63, 3.8) is 0 Å². The number of nitrogens with zero attached hydrogens (tertiary/aromatic N) is 4. The molecule has 0 radical (unpaired) electrons. The first-order chi connectivity index (χ1) is 14.4. The highest BCUT2D eigenvalue weighted by Gasteiger charge is 2.29. The minimum atomic E-state index is -0.152. The molecule has 0 unspecified atom stereocenters. The molecule has 0 aromatic heterocycles. The molecular weight excluding hydrogens is 404 g/mol. The molecule has 10 heteroatoms. The first-order valence-corrected chi connectivity index (χ1v) is 9.79. The van der Waals surface area contributed by atoms with Crippen molar-refractivity contribution in [1.29, 1.82) is 0 Å². The van der Waals surface area contributed by atoms with Crippen molar-refractivity contribution < 1.29 is 4.79 Å². The molecule has 0 atom stereocenters. The number of amides is 2. The minimum absolute atomic E-state index is 0.0197. The molecular formula is C20H25ClN8O. The number of carbonyl (C=O) groups excluding carboxylic acids is 1. The van der Waals surface area contributed by atoms with Gasteiger partial charge in [-0.1, -0.05) is 35.9 Å². The fourth-order valence-electron chi connectivity index (χ4n) is 2.94. The van der Waals surface area contributed by atoms with Crippen LogP contribution in [-0.4, -0.2) is 47.5 Å². The second-order valence-electron chi connectivity index (χ2n) is 6.79. The Bertz CT molecular complexity index is 923. The van der Waals surface area contributed by atoms with Crippen LogP contribution in [-0.2, 0) is 13.1 Å². The summed E-state index contributed by atoms with van der Waals surface area (Å²) in [6, 6.07) is 14.6. The molecule has 30 heavy (non-hydrogen) atoms. The van der Waals surface area contributed by atoms with Gasteiger partial charge in [0.1, 0.15) is 6.67 Å². The fraction of sp³-hybridized carbons (Fsp3) is 0.250. The summed E-state index contributed by atoms with van der Waals surface area (Å²) in [5.74, 6) is 0.501. The molecule has 2 aromatic carbocycles. The zero-order valence-corrected chi connectivity index (χ0v) is 17.2. The number of nitrogens with one attached hydrogen (secondary N) is 1. The van der Waals surface area contributed by atoms with Gasteiger partial charge in [-0.3, -0.25) is 9.89 Å². The van der Waals surface area contributed by atoms with Crippen molar-refractivity contribution in [2.24, 2.45) is 21.5 Å². The van der Waals surface area contributed by atoms with Crippen molar-refractivity contribution in [3.05, 3.63) is 64.7 Å². The van der Waals surface area contributed by atoms with E-state index in [1.54, 1.807) is 34.1 Å². The highest BCUT2D eigenvalue weighted by molar-refractivity contribution is 6.30. The predicted octanol–water partition coefficient (Wildman–Crippen LogP) is 1.54. The van der Waals surface area contributed by atoms with E-state index in [1.165, 1.54) is 0 Å². The molecule has 3 rings (SSSR count). The third-order valence-corrected chi connectivity index (χ3v) is 4.70. The van der Waals surface area contributed by atoms with Crippen LogP contribution >= 0.6 is 11.6 Å². The van der Waals surface area contributed by atoms with Gasteiger partial charge in [0.05, 0.1) is 13.1 Å². The number of hydrogen-bond donors (Lipinski definition) is 4. The van der Waals surface area contributed by atoms with E-state index in [2.05, 4.69) is 15.3 Å². The van der Waals surface area contributed by atoms with Gasteiger partial charge in [-0.25, -0.2) is 9.79 Å². The van der Waals surface area contributed by atoms with Crippen molar-refractivity contribution in [1.82, 2.24) is 15.1 Å². The fourth-order valence-corrected chi connectivity index (χ4v) is 3.07. The molecule has 2 aromatic rings. The number of anilines is 1. The molecule has 1 aliphatic rings. The van der Waals surface area contributed by atoms with Crippen LogP contribution in [0, 0.1) is 0 Å². The summed E-state index contributed by atoms with van der Waals surface area (Å²) < 4.78 is 0. The second kappa shape index (κ2) is 9.84. The zero-order chi connectivity index (χ0) is 21.5. The summed E-state index contributed by atoms with van der Waals surface area (Å²) >= 11 is 5.95. The topological polar surface area (TPSA) is 138 Å². The van der Waals surface area contributed by atoms with Gasteiger partial charge in [0, 0.05) is 23.8 Å². The lowest BCUT2D eigenvalue weighted by Gasteiger charge is -2.35. The van der Waals surface area contributed by atoms with Gasteiger partial charge in [-0.05, 0) is 35.4 Å². The summed E-state index contributed by atoms with van der Waals surface area (Å²) in [7, 11) is 0. The second-order valence-corrected chi connectivity index (χ2v) is 7.23. The maximum atomic E-state index is 13.2. The van der Waals surface area contributed by atoms with E-state index >= 15 is 0 Å². The van der Waals surface area contributed by atoms with Crippen LogP contribution in [0.15, 0.2) is 58.5 Å². The van der Waals surface area contributed by atoms with E-state index in [9.17, 15) is 4.79 Å². The predicted molar refractivity (Wildman–Crippen MR) is 120 cm³/mol. The van der Waals surface area contributed by atoms with Gasteiger partial charge >= 0.3 is 6.03 Å². The van der Waals surface area contributed by atoms with E-state index in [0.29, 0.717) is 42.8 Å². The standard InChI is InChI=1S/C20H25ClN8O/c21-16-5-1-14(2-6-16)11-28-13-27-19(26-10-9-25-18(23)24)29(20(28)30)12-15-3-7-17(22)8-4-15/h1-8H,9-13,22H2,(H,26,27)(H4,23,24,25). The van der Waals surface area contributed by atoms with Crippen LogP contribution in [0.5, 0.6) is 0 Å². The number of benzene rings is 2. The maximum Gasteiger partial charge on any atom is 0.328 e. The number of nitrogens with two attached hydrogens (primary N) is 3. The number of aliphatic imine (C=N–C) groups is 2. The Labute approximate surface area is 180 Å². The van der Waals surface area contributed by atoms with Crippen LogP contribution in [0.3, 0.4) is 0 Å². The molecule has 7 N–H and O–H groups in total. The van der Waals surface area contributed by atoms with E-state index in [-0.39, 0.29) is 18.7 Å².